The van der Waals surface area contributed by atoms with E-state index in [1.165, 1.54) is 11.1 Å². The molecule has 0 bridgehead atoms. The Morgan fingerprint density at radius 2 is 1.88 bits per heavy atom. The van der Waals surface area contributed by atoms with Crippen LogP contribution in [0, 0.1) is 0 Å². The number of carbonyl (C=O) groups excluding carboxylic acids is 1. The van der Waals surface area contributed by atoms with Crippen molar-refractivity contribution in [3.63, 3.8) is 0 Å². The molecular weight excluding hydrogens is 346 g/mol. The average Bonchev–Trinajstić information content (AvgIpc) is 3.04. The minimum atomic E-state index is -0.531. The van der Waals surface area contributed by atoms with Crippen LogP contribution >= 0.6 is 12.4 Å². The molecule has 26 heavy (non-hydrogen) atoms. The molecule has 4 nitrogen and oxygen atoms in total. The van der Waals surface area contributed by atoms with Gasteiger partial charge in [-0.1, -0.05) is 42.5 Å². The van der Waals surface area contributed by atoms with Gasteiger partial charge in [0.25, 0.3) is 0 Å². The molecule has 1 aliphatic carbocycles. The first kappa shape index (κ1) is 18.5. The van der Waals surface area contributed by atoms with Crippen LogP contribution in [0.3, 0.4) is 0 Å². The Bertz CT molecular complexity index is 905. The summed E-state index contributed by atoms with van der Waals surface area (Å²) in [4.78, 5) is 15.8. The minimum Gasteiger partial charge on any atom is -0.361 e. The van der Waals surface area contributed by atoms with E-state index in [1.807, 2.05) is 24.4 Å². The number of rotatable bonds is 4. The van der Waals surface area contributed by atoms with E-state index in [4.69, 9.17) is 5.73 Å². The van der Waals surface area contributed by atoms with Crippen molar-refractivity contribution in [2.45, 2.75) is 37.8 Å². The molecule has 0 saturated carbocycles. The maximum atomic E-state index is 12.5. The third-order valence-corrected chi connectivity index (χ3v) is 5.14. The highest BCUT2D eigenvalue weighted by molar-refractivity contribution is 5.86. The molecule has 1 aliphatic rings. The quantitative estimate of drug-likeness (QED) is 0.661. The van der Waals surface area contributed by atoms with Crippen LogP contribution in [0.4, 0.5) is 0 Å². The summed E-state index contributed by atoms with van der Waals surface area (Å²) in [6.45, 7) is 0. The van der Waals surface area contributed by atoms with Gasteiger partial charge in [0.05, 0.1) is 6.04 Å². The second-order valence-corrected chi connectivity index (χ2v) is 6.89. The number of fused-ring (bicyclic) bond motifs is 2. The monoisotopic (exact) mass is 369 g/mol. The Hall–Kier alpha value is -2.30. The molecule has 1 amide bonds. The number of para-hydroxylation sites is 1. The number of carbonyl (C=O) groups is 1. The molecule has 136 valence electrons. The van der Waals surface area contributed by atoms with Crippen LogP contribution in [0.25, 0.3) is 10.9 Å². The molecule has 0 radical (unpaired) electrons. The fourth-order valence-corrected chi connectivity index (χ4v) is 3.76. The number of amides is 1. The number of aromatic nitrogens is 1. The molecule has 3 aromatic rings. The Morgan fingerprint density at radius 3 is 2.73 bits per heavy atom. The van der Waals surface area contributed by atoms with Crippen molar-refractivity contribution in [2.24, 2.45) is 5.73 Å². The maximum absolute atomic E-state index is 12.5. The molecular formula is C21H24ClN3O. The SMILES string of the molecule is Cl.N[C@@H](Cc1c[nH]c2ccccc12)C(=O)NC1CCc2ccccc2C1. The largest absolute Gasteiger partial charge is 0.361 e. The van der Waals surface area contributed by atoms with Crippen molar-refractivity contribution in [2.75, 3.05) is 0 Å². The summed E-state index contributed by atoms with van der Waals surface area (Å²) in [6.07, 6.45) is 5.37. The predicted molar refractivity (Wildman–Crippen MR) is 108 cm³/mol. The van der Waals surface area contributed by atoms with Crippen molar-refractivity contribution < 1.29 is 4.79 Å². The molecule has 0 saturated heterocycles. The number of nitrogens with one attached hydrogen (secondary N) is 2. The van der Waals surface area contributed by atoms with Crippen LogP contribution in [0.2, 0.25) is 0 Å². The Balaban J connectivity index is 0.00000196. The van der Waals surface area contributed by atoms with E-state index in [-0.39, 0.29) is 24.4 Å². The van der Waals surface area contributed by atoms with Crippen molar-refractivity contribution >= 4 is 29.2 Å². The number of nitrogens with two attached hydrogens (primary N) is 1. The number of hydrogen-bond acceptors (Lipinski definition) is 2. The van der Waals surface area contributed by atoms with Crippen molar-refractivity contribution in [1.82, 2.24) is 10.3 Å². The summed E-state index contributed by atoms with van der Waals surface area (Å²) in [5.41, 5.74) is 11.1. The first-order chi connectivity index (χ1) is 12.2. The zero-order valence-corrected chi connectivity index (χ0v) is 15.4. The van der Waals surface area contributed by atoms with Crippen LogP contribution in [-0.2, 0) is 24.1 Å². The van der Waals surface area contributed by atoms with Crippen molar-refractivity contribution in [3.8, 4) is 0 Å². The number of halogens is 1. The number of benzene rings is 2. The smallest absolute Gasteiger partial charge is 0.237 e. The molecule has 2 atom stereocenters. The summed E-state index contributed by atoms with van der Waals surface area (Å²) in [5.74, 6) is -0.0605. The van der Waals surface area contributed by atoms with Gasteiger partial charge in [0, 0.05) is 23.1 Å². The summed E-state index contributed by atoms with van der Waals surface area (Å²) in [7, 11) is 0. The van der Waals surface area contributed by atoms with E-state index >= 15 is 0 Å². The Labute approximate surface area is 159 Å². The zero-order chi connectivity index (χ0) is 17.2. The third-order valence-electron chi connectivity index (χ3n) is 5.14. The second kappa shape index (κ2) is 7.94. The molecule has 1 aromatic heterocycles. The van der Waals surface area contributed by atoms with Crippen LogP contribution in [0.1, 0.15) is 23.1 Å². The predicted octanol–water partition coefficient (Wildman–Crippen LogP) is 3.13. The van der Waals surface area contributed by atoms with Gasteiger partial charge in [0.15, 0.2) is 0 Å². The normalized spacial score (nSPS) is 17.2. The molecule has 4 rings (SSSR count). The van der Waals surface area contributed by atoms with Gasteiger partial charge in [-0.25, -0.2) is 0 Å². The lowest BCUT2D eigenvalue weighted by Gasteiger charge is -2.26. The highest BCUT2D eigenvalue weighted by Gasteiger charge is 2.23. The van der Waals surface area contributed by atoms with Crippen LogP contribution in [0.15, 0.2) is 54.7 Å². The highest BCUT2D eigenvalue weighted by atomic mass is 35.5. The summed E-state index contributed by atoms with van der Waals surface area (Å²) >= 11 is 0. The van der Waals surface area contributed by atoms with Gasteiger partial charge in [-0.3, -0.25) is 4.79 Å². The third kappa shape index (κ3) is 3.76. The lowest BCUT2D eigenvalue weighted by molar-refractivity contribution is -0.123. The summed E-state index contributed by atoms with van der Waals surface area (Å²) < 4.78 is 0. The van der Waals surface area contributed by atoms with E-state index in [9.17, 15) is 4.79 Å². The van der Waals surface area contributed by atoms with Crippen molar-refractivity contribution in [1.29, 1.82) is 0 Å². The van der Waals surface area contributed by atoms with Crippen LogP contribution < -0.4 is 11.1 Å². The second-order valence-electron chi connectivity index (χ2n) is 6.89. The number of aryl methyl sites for hydroxylation is 1. The van der Waals surface area contributed by atoms with Crippen molar-refractivity contribution in [3.05, 3.63) is 71.4 Å². The van der Waals surface area contributed by atoms with Gasteiger partial charge in [-0.05, 0) is 48.4 Å². The van der Waals surface area contributed by atoms with E-state index in [0.717, 1.165) is 35.7 Å². The minimum absolute atomic E-state index is 0. The molecule has 0 fully saturated rings. The maximum Gasteiger partial charge on any atom is 0.237 e. The fraction of sp³-hybridized carbons (Fsp3) is 0.286. The molecule has 1 heterocycles. The Kier molecular flexibility index (Phi) is 5.64. The molecule has 0 aliphatic heterocycles. The van der Waals surface area contributed by atoms with E-state index in [1.54, 1.807) is 0 Å². The van der Waals surface area contributed by atoms with Gasteiger partial charge in [0.1, 0.15) is 0 Å². The lowest BCUT2D eigenvalue weighted by atomic mass is 9.88. The van der Waals surface area contributed by atoms with Gasteiger partial charge in [0.2, 0.25) is 5.91 Å². The molecule has 2 aromatic carbocycles. The van der Waals surface area contributed by atoms with Crippen LogP contribution in [-0.4, -0.2) is 23.0 Å². The first-order valence-electron chi connectivity index (χ1n) is 8.88. The Morgan fingerprint density at radius 1 is 1.15 bits per heavy atom. The van der Waals surface area contributed by atoms with E-state index in [0.29, 0.717) is 6.42 Å². The van der Waals surface area contributed by atoms with E-state index in [2.05, 4.69) is 40.6 Å². The number of aromatic amines is 1. The summed E-state index contributed by atoms with van der Waals surface area (Å²) in [6, 6.07) is 16.2. The summed E-state index contributed by atoms with van der Waals surface area (Å²) in [5, 5.41) is 4.28. The van der Waals surface area contributed by atoms with E-state index < -0.39 is 6.04 Å². The topological polar surface area (TPSA) is 70.9 Å². The molecule has 0 spiro atoms. The van der Waals surface area contributed by atoms with Gasteiger partial charge in [-0.15, -0.1) is 12.4 Å². The van der Waals surface area contributed by atoms with Crippen LogP contribution in [0.5, 0.6) is 0 Å². The van der Waals surface area contributed by atoms with Gasteiger partial charge >= 0.3 is 0 Å². The zero-order valence-electron chi connectivity index (χ0n) is 14.6. The number of H-pyrrole nitrogens is 1. The average molecular weight is 370 g/mol. The van der Waals surface area contributed by atoms with Gasteiger partial charge < -0.3 is 16.0 Å². The van der Waals surface area contributed by atoms with Gasteiger partial charge in [-0.2, -0.15) is 0 Å². The molecule has 1 unspecified atom stereocenters. The lowest BCUT2D eigenvalue weighted by Crippen LogP contribution is -2.48. The highest BCUT2D eigenvalue weighted by Crippen LogP contribution is 2.22. The first-order valence-corrected chi connectivity index (χ1v) is 8.88. The number of hydrogen-bond donors (Lipinski definition) is 3. The fourth-order valence-electron chi connectivity index (χ4n) is 3.76. The molecule has 5 heteroatoms. The molecule has 4 N–H and O–H groups in total. The standard InChI is InChI=1S/C21H23N3O.ClH/c22-19(12-16-13-23-20-8-4-3-7-18(16)20)21(25)24-17-10-9-14-5-1-2-6-15(14)11-17;/h1-8,13,17,19,23H,9-12,22H2,(H,24,25);1H/t17?,19-;/m0./s1.